The maximum absolute atomic E-state index is 8.25. The summed E-state index contributed by atoms with van der Waals surface area (Å²) in [7, 11) is 8.50. The standard InChI is InChI=1S/C3H7N.O.Ti/c1-4(2)3;;/h1-2H2,3H3;;/q-2;;+2. The Labute approximate surface area is 50.3 Å². The van der Waals surface area contributed by atoms with Crippen LogP contribution in [0.3, 0.4) is 0 Å². The van der Waals surface area contributed by atoms with Gasteiger partial charge in [-0.2, -0.15) is 0 Å². The van der Waals surface area contributed by atoms with E-state index in [1.165, 1.54) is 4.90 Å². The maximum atomic E-state index is 8.25. The molecule has 0 saturated carbocycles. The number of nitrogens with zero attached hydrogens (tertiary/aromatic N) is 1. The first-order valence-corrected chi connectivity index (χ1v) is 1.92. The number of rotatable bonds is 0. The molecular weight excluding hydrogens is 114 g/mol. The van der Waals surface area contributed by atoms with Crippen molar-refractivity contribution in [3.63, 3.8) is 0 Å². The molecule has 0 aliphatic heterocycles. The first-order valence-electron chi connectivity index (χ1n) is 1.28. The van der Waals surface area contributed by atoms with E-state index in [2.05, 4.69) is 14.1 Å². The van der Waals surface area contributed by atoms with Gasteiger partial charge in [-0.25, -0.2) is 0 Å². The number of hydrogen-bond acceptors (Lipinski definition) is 2. The van der Waals surface area contributed by atoms with Gasteiger partial charge in [-0.3, -0.25) is 0 Å². The van der Waals surface area contributed by atoms with Crippen LogP contribution in [0.25, 0.3) is 0 Å². The Kier molecular flexibility index (Phi) is 14.7. The molecule has 0 aromatic rings. The van der Waals surface area contributed by atoms with Crippen LogP contribution >= 0.6 is 0 Å². The minimum atomic E-state index is 0.750. The third-order valence-electron chi connectivity index (χ3n) is 0. The molecule has 0 heterocycles. The monoisotopic (exact) mass is 121 g/mol. The molecule has 0 aromatic carbocycles. The zero-order valence-electron chi connectivity index (χ0n) is 3.77. The van der Waals surface area contributed by atoms with Gasteiger partial charge < -0.3 is 19.0 Å². The summed E-state index contributed by atoms with van der Waals surface area (Å²) in [6, 6.07) is 0. The Bertz CT molecular complexity index is 22.0. The zero-order valence-corrected chi connectivity index (χ0v) is 5.33. The van der Waals surface area contributed by atoms with E-state index in [1.54, 1.807) is 7.05 Å². The molecule has 0 fully saturated rings. The van der Waals surface area contributed by atoms with E-state index in [0.717, 1.165) is 20.4 Å². The SMILES string of the molecule is [CH2-]N([CH2-])C.[O]=[Ti+2]. The van der Waals surface area contributed by atoms with E-state index in [1.807, 2.05) is 0 Å². The predicted octanol–water partition coefficient (Wildman–Crippen LogP) is 0.380. The van der Waals surface area contributed by atoms with Crippen molar-refractivity contribution < 1.29 is 23.7 Å². The van der Waals surface area contributed by atoms with Crippen molar-refractivity contribution in [1.29, 1.82) is 0 Å². The van der Waals surface area contributed by atoms with Gasteiger partial charge in [0.2, 0.25) is 0 Å². The van der Waals surface area contributed by atoms with E-state index in [-0.39, 0.29) is 0 Å². The van der Waals surface area contributed by atoms with Gasteiger partial charge in [0.25, 0.3) is 0 Å². The van der Waals surface area contributed by atoms with Gasteiger partial charge in [-0.15, -0.1) is 0 Å². The third kappa shape index (κ3) is 240. The Balaban J connectivity index is 0. The molecule has 0 N–H and O–H groups in total. The molecule has 0 aromatic heterocycles. The predicted molar refractivity (Wildman–Crippen MR) is 19.2 cm³/mol. The average Bonchev–Trinajstić information content (AvgIpc) is 1.41. The van der Waals surface area contributed by atoms with Crippen molar-refractivity contribution in [3.8, 4) is 0 Å². The normalized spacial score (nSPS) is 7.00. The molecule has 0 aliphatic carbocycles. The van der Waals surface area contributed by atoms with Crippen molar-refractivity contribution in [1.82, 2.24) is 4.90 Å². The summed E-state index contributed by atoms with van der Waals surface area (Å²) in [5, 5.41) is 0. The average molecular weight is 121 g/mol. The van der Waals surface area contributed by atoms with Crippen molar-refractivity contribution in [2.24, 2.45) is 0 Å². The van der Waals surface area contributed by atoms with Crippen molar-refractivity contribution in [2.45, 2.75) is 0 Å². The molecule has 0 atom stereocenters. The second-order valence-electron chi connectivity index (χ2n) is 0.856. The Morgan fingerprint density at radius 3 is 1.50 bits per heavy atom. The fourth-order valence-electron chi connectivity index (χ4n) is 0. The van der Waals surface area contributed by atoms with Crippen LogP contribution in [0.4, 0.5) is 0 Å². The van der Waals surface area contributed by atoms with Crippen LogP contribution in [-0.4, -0.2) is 11.9 Å². The molecule has 0 unspecified atom stereocenters. The summed E-state index contributed by atoms with van der Waals surface area (Å²) in [6.07, 6.45) is 0. The third-order valence-corrected chi connectivity index (χ3v) is 0. The molecule has 0 amide bonds. The molecule has 0 radical (unpaired) electrons. The van der Waals surface area contributed by atoms with Crippen LogP contribution in [0.2, 0.25) is 0 Å². The van der Waals surface area contributed by atoms with Crippen LogP contribution in [0.5, 0.6) is 0 Å². The summed E-state index contributed by atoms with van der Waals surface area (Å²) < 4.78 is 8.25. The van der Waals surface area contributed by atoms with E-state index in [9.17, 15) is 0 Å². The molecule has 0 spiro atoms. The molecular formula is C3H7NOTi. The van der Waals surface area contributed by atoms with Crippen LogP contribution in [0, 0.1) is 14.1 Å². The topological polar surface area (TPSA) is 20.3 Å². The first-order chi connectivity index (χ1) is 2.73. The van der Waals surface area contributed by atoms with Gasteiger partial charge in [0.05, 0.1) is 0 Å². The Morgan fingerprint density at radius 1 is 1.50 bits per heavy atom. The van der Waals surface area contributed by atoms with Crippen LogP contribution < -0.4 is 0 Å². The molecule has 2 nitrogen and oxygen atoms in total. The molecule has 34 valence electrons. The summed E-state index contributed by atoms with van der Waals surface area (Å²) in [5.74, 6) is 0. The number of hydrogen-bond donors (Lipinski definition) is 0. The van der Waals surface area contributed by atoms with E-state index in [0.29, 0.717) is 0 Å². The van der Waals surface area contributed by atoms with Crippen molar-refractivity contribution in [2.75, 3.05) is 7.05 Å². The van der Waals surface area contributed by atoms with Gasteiger partial charge in [0, 0.05) is 0 Å². The molecule has 3 heteroatoms. The van der Waals surface area contributed by atoms with Crippen LogP contribution in [0.1, 0.15) is 0 Å². The summed E-state index contributed by atoms with van der Waals surface area (Å²) in [4.78, 5) is 1.50. The Hall–Kier alpha value is 0.474. The molecule has 0 rings (SSSR count). The molecule has 0 aliphatic rings. The molecule has 6 heavy (non-hydrogen) atoms. The summed E-state index contributed by atoms with van der Waals surface area (Å²) >= 11 is 0.750. The fourth-order valence-corrected chi connectivity index (χ4v) is 0. The van der Waals surface area contributed by atoms with Gasteiger partial charge in [0.15, 0.2) is 0 Å². The van der Waals surface area contributed by atoms with Crippen molar-refractivity contribution in [3.05, 3.63) is 14.1 Å². The summed E-state index contributed by atoms with van der Waals surface area (Å²) in [5.41, 5.74) is 0. The molecule has 0 saturated heterocycles. The second kappa shape index (κ2) is 9.08. The van der Waals surface area contributed by atoms with Gasteiger partial charge >= 0.3 is 23.7 Å². The fraction of sp³-hybridized carbons (Fsp3) is 0.333. The van der Waals surface area contributed by atoms with E-state index >= 15 is 0 Å². The Morgan fingerprint density at radius 2 is 1.50 bits per heavy atom. The quantitative estimate of drug-likeness (QED) is 0.341. The van der Waals surface area contributed by atoms with Gasteiger partial charge in [-0.05, 0) is 0 Å². The van der Waals surface area contributed by atoms with Crippen LogP contribution in [0.15, 0.2) is 0 Å². The minimum absolute atomic E-state index is 0.750. The van der Waals surface area contributed by atoms with Gasteiger partial charge in [-0.1, -0.05) is 7.05 Å². The van der Waals surface area contributed by atoms with Crippen molar-refractivity contribution >= 4 is 0 Å². The second-order valence-corrected chi connectivity index (χ2v) is 0.856. The van der Waals surface area contributed by atoms with E-state index < -0.39 is 0 Å². The van der Waals surface area contributed by atoms with E-state index in [4.69, 9.17) is 3.32 Å². The van der Waals surface area contributed by atoms with Crippen LogP contribution in [-0.2, 0) is 23.7 Å². The van der Waals surface area contributed by atoms with Gasteiger partial charge in [0.1, 0.15) is 0 Å². The zero-order chi connectivity index (χ0) is 5.58. The first kappa shape index (κ1) is 9.69. The molecule has 0 bridgehead atoms. The summed E-state index contributed by atoms with van der Waals surface area (Å²) in [6.45, 7) is 0.